The molecule has 8 heteroatoms. The second-order valence-electron chi connectivity index (χ2n) is 4.15. The van der Waals surface area contributed by atoms with Gasteiger partial charge in [-0.05, 0) is 34.1 Å². The summed E-state index contributed by atoms with van der Waals surface area (Å²) in [6, 6.07) is 5.50. The summed E-state index contributed by atoms with van der Waals surface area (Å²) in [7, 11) is 1.83. The van der Waals surface area contributed by atoms with E-state index in [1.165, 1.54) is 0 Å². The van der Waals surface area contributed by atoms with E-state index in [1.54, 1.807) is 4.68 Å². The van der Waals surface area contributed by atoms with E-state index in [0.29, 0.717) is 28.7 Å². The van der Waals surface area contributed by atoms with Gasteiger partial charge < -0.3 is 10.3 Å². The van der Waals surface area contributed by atoms with Gasteiger partial charge in [-0.2, -0.15) is 10.1 Å². The molecule has 1 aromatic carbocycles. The number of rotatable bonds is 2. The zero-order chi connectivity index (χ0) is 14.3. The first-order valence-corrected chi connectivity index (χ1v) is 7.22. The molecule has 3 rings (SSSR count). The standard InChI is InChI=1S/C12H9Br2N5O/c1-19-3-2-9(17-19)11-16-12(20-18-11)7-4-6(13)5-8(14)10(7)15/h2-5H,15H2,1H3. The van der Waals surface area contributed by atoms with Gasteiger partial charge in [-0.25, -0.2) is 0 Å². The van der Waals surface area contributed by atoms with Gasteiger partial charge in [0.1, 0.15) is 5.69 Å². The number of hydrogen-bond donors (Lipinski definition) is 1. The Morgan fingerprint density at radius 2 is 2.10 bits per heavy atom. The molecular weight excluding hydrogens is 390 g/mol. The monoisotopic (exact) mass is 397 g/mol. The van der Waals surface area contributed by atoms with E-state index in [4.69, 9.17) is 10.3 Å². The summed E-state index contributed by atoms with van der Waals surface area (Å²) in [6.45, 7) is 0. The molecule has 0 saturated carbocycles. The fourth-order valence-electron chi connectivity index (χ4n) is 1.73. The van der Waals surface area contributed by atoms with Gasteiger partial charge in [0, 0.05) is 22.2 Å². The molecule has 0 aliphatic carbocycles. The van der Waals surface area contributed by atoms with Crippen LogP contribution in [0.4, 0.5) is 5.69 Å². The summed E-state index contributed by atoms with van der Waals surface area (Å²) < 4.78 is 8.58. The Labute approximate surface area is 131 Å². The number of anilines is 1. The highest BCUT2D eigenvalue weighted by molar-refractivity contribution is 9.11. The van der Waals surface area contributed by atoms with Crippen LogP contribution in [0.1, 0.15) is 0 Å². The van der Waals surface area contributed by atoms with E-state index in [9.17, 15) is 0 Å². The first kappa shape index (κ1) is 13.3. The van der Waals surface area contributed by atoms with Crippen molar-refractivity contribution in [1.82, 2.24) is 19.9 Å². The van der Waals surface area contributed by atoms with Crippen molar-refractivity contribution in [2.24, 2.45) is 7.05 Å². The van der Waals surface area contributed by atoms with Gasteiger partial charge >= 0.3 is 0 Å². The van der Waals surface area contributed by atoms with Crippen molar-refractivity contribution in [3.63, 3.8) is 0 Å². The molecule has 0 spiro atoms. The lowest BCUT2D eigenvalue weighted by Crippen LogP contribution is -1.92. The van der Waals surface area contributed by atoms with Gasteiger partial charge in [0.15, 0.2) is 0 Å². The van der Waals surface area contributed by atoms with Crippen molar-refractivity contribution in [3.8, 4) is 23.0 Å². The van der Waals surface area contributed by atoms with Gasteiger partial charge in [0.25, 0.3) is 5.89 Å². The Morgan fingerprint density at radius 3 is 2.80 bits per heavy atom. The molecule has 20 heavy (non-hydrogen) atoms. The minimum Gasteiger partial charge on any atom is -0.397 e. The Balaban J connectivity index is 2.06. The predicted octanol–water partition coefficient (Wildman–Crippen LogP) is 3.24. The first-order valence-electron chi connectivity index (χ1n) is 5.63. The Kier molecular flexibility index (Phi) is 3.35. The van der Waals surface area contributed by atoms with Crippen LogP contribution in [0.2, 0.25) is 0 Å². The average molecular weight is 399 g/mol. The number of nitrogens with two attached hydrogens (primary N) is 1. The Bertz CT molecular complexity index is 780. The van der Waals surface area contributed by atoms with E-state index >= 15 is 0 Å². The van der Waals surface area contributed by atoms with E-state index in [0.717, 1.165) is 8.95 Å². The molecule has 102 valence electrons. The predicted molar refractivity (Wildman–Crippen MR) is 81.7 cm³/mol. The average Bonchev–Trinajstić information content (AvgIpc) is 3.02. The molecule has 0 fully saturated rings. The highest BCUT2D eigenvalue weighted by Crippen LogP contribution is 2.34. The van der Waals surface area contributed by atoms with Crippen LogP contribution < -0.4 is 5.73 Å². The summed E-state index contributed by atoms with van der Waals surface area (Å²) >= 11 is 6.80. The van der Waals surface area contributed by atoms with Crippen molar-refractivity contribution in [3.05, 3.63) is 33.3 Å². The third-order valence-corrected chi connectivity index (χ3v) is 3.81. The summed E-state index contributed by atoms with van der Waals surface area (Å²) in [5, 5.41) is 8.16. The molecule has 0 aliphatic heterocycles. The summed E-state index contributed by atoms with van der Waals surface area (Å²) in [6.07, 6.45) is 1.81. The van der Waals surface area contributed by atoms with Crippen molar-refractivity contribution in [1.29, 1.82) is 0 Å². The zero-order valence-electron chi connectivity index (χ0n) is 10.3. The molecule has 0 radical (unpaired) electrons. The lowest BCUT2D eigenvalue weighted by molar-refractivity contribution is 0.432. The number of hydrogen-bond acceptors (Lipinski definition) is 5. The summed E-state index contributed by atoms with van der Waals surface area (Å²) in [5.74, 6) is 0.779. The molecule has 0 amide bonds. The second kappa shape index (κ2) is 5.02. The van der Waals surface area contributed by atoms with E-state index in [-0.39, 0.29) is 0 Å². The van der Waals surface area contributed by atoms with Crippen molar-refractivity contribution in [2.45, 2.75) is 0 Å². The SMILES string of the molecule is Cn1ccc(-c2noc(-c3cc(Br)cc(Br)c3N)n2)n1. The van der Waals surface area contributed by atoms with Crippen LogP contribution in [-0.4, -0.2) is 19.9 Å². The maximum absolute atomic E-state index is 6.02. The zero-order valence-corrected chi connectivity index (χ0v) is 13.5. The van der Waals surface area contributed by atoms with Gasteiger partial charge in [0.05, 0.1) is 11.3 Å². The summed E-state index contributed by atoms with van der Waals surface area (Å²) in [4.78, 5) is 4.33. The molecular formula is C12H9Br2N5O. The van der Waals surface area contributed by atoms with Crippen molar-refractivity contribution < 1.29 is 4.52 Å². The van der Waals surface area contributed by atoms with E-state index in [2.05, 4.69) is 47.1 Å². The van der Waals surface area contributed by atoms with E-state index in [1.807, 2.05) is 31.4 Å². The first-order chi connectivity index (χ1) is 9.54. The van der Waals surface area contributed by atoms with Crippen LogP contribution in [0.3, 0.4) is 0 Å². The fourth-order valence-corrected chi connectivity index (χ4v) is 2.96. The van der Waals surface area contributed by atoms with Crippen LogP contribution in [0.15, 0.2) is 37.9 Å². The smallest absolute Gasteiger partial charge is 0.260 e. The number of nitrogen functional groups attached to an aromatic ring is 1. The molecule has 0 unspecified atom stereocenters. The van der Waals surface area contributed by atoms with Gasteiger partial charge in [0.2, 0.25) is 5.82 Å². The van der Waals surface area contributed by atoms with Crippen molar-refractivity contribution in [2.75, 3.05) is 5.73 Å². The van der Waals surface area contributed by atoms with Gasteiger partial charge in [-0.1, -0.05) is 21.1 Å². The maximum atomic E-state index is 6.02. The van der Waals surface area contributed by atoms with Gasteiger partial charge in [-0.3, -0.25) is 4.68 Å². The Morgan fingerprint density at radius 1 is 1.30 bits per heavy atom. The molecule has 0 bridgehead atoms. The van der Waals surface area contributed by atoms with Crippen LogP contribution in [-0.2, 0) is 7.05 Å². The lowest BCUT2D eigenvalue weighted by Gasteiger charge is -2.04. The quantitative estimate of drug-likeness (QED) is 0.670. The molecule has 0 saturated heterocycles. The summed E-state index contributed by atoms with van der Waals surface area (Å²) in [5.41, 5.74) is 7.88. The van der Waals surface area contributed by atoms with Crippen LogP contribution in [0.25, 0.3) is 23.0 Å². The molecule has 3 aromatic rings. The highest BCUT2D eigenvalue weighted by Gasteiger charge is 2.16. The third-order valence-electron chi connectivity index (χ3n) is 2.69. The van der Waals surface area contributed by atoms with Gasteiger partial charge in [-0.15, -0.1) is 0 Å². The molecule has 2 N–H and O–H groups in total. The normalized spacial score (nSPS) is 10.9. The maximum Gasteiger partial charge on any atom is 0.260 e. The largest absolute Gasteiger partial charge is 0.397 e. The second-order valence-corrected chi connectivity index (χ2v) is 5.92. The van der Waals surface area contributed by atoms with Crippen LogP contribution >= 0.6 is 31.9 Å². The number of nitrogens with zero attached hydrogens (tertiary/aromatic N) is 4. The fraction of sp³-hybridized carbons (Fsp3) is 0.0833. The van der Waals surface area contributed by atoms with E-state index < -0.39 is 0 Å². The number of aromatic nitrogens is 4. The van der Waals surface area contributed by atoms with Crippen molar-refractivity contribution >= 4 is 37.5 Å². The number of halogens is 2. The molecule has 2 heterocycles. The number of benzene rings is 1. The number of aryl methyl sites for hydroxylation is 1. The van der Waals surface area contributed by atoms with Crippen LogP contribution in [0, 0.1) is 0 Å². The van der Waals surface area contributed by atoms with Crippen LogP contribution in [0.5, 0.6) is 0 Å². The molecule has 0 atom stereocenters. The Hall–Kier alpha value is -1.67. The lowest BCUT2D eigenvalue weighted by atomic mass is 10.2. The minimum atomic E-state index is 0.352. The highest BCUT2D eigenvalue weighted by atomic mass is 79.9. The third kappa shape index (κ3) is 2.36. The molecule has 0 aliphatic rings. The molecule has 2 aromatic heterocycles. The molecule has 6 nitrogen and oxygen atoms in total. The minimum absolute atomic E-state index is 0.352. The topological polar surface area (TPSA) is 82.8 Å².